The largest absolute Gasteiger partial charge is 0.326 e. The van der Waals surface area contributed by atoms with E-state index < -0.39 is 0 Å². The molecule has 0 spiro atoms. The van der Waals surface area contributed by atoms with Crippen molar-refractivity contribution in [3.8, 4) is 0 Å². The van der Waals surface area contributed by atoms with Gasteiger partial charge in [-0.1, -0.05) is 56.7 Å². The number of nitrogens with one attached hydrogen (secondary N) is 1. The van der Waals surface area contributed by atoms with E-state index in [1.54, 1.807) is 24.3 Å². The standard InChI is InChI=1S/C27H34N2O3/c1-20-16-17-22(19-21(20)2)28-25(30)15-9-7-5-3-4-6-8-12-18-29-26(31)23-13-10-11-14-24(23)27(29)32/h10-11,13-14,16-17,19H,3-9,12,15,18H2,1-2H3,(H,28,30). The molecule has 0 bridgehead atoms. The second-order valence-corrected chi connectivity index (χ2v) is 8.73. The zero-order valence-electron chi connectivity index (χ0n) is 19.3. The van der Waals surface area contributed by atoms with E-state index in [4.69, 9.17) is 0 Å². The first-order chi connectivity index (χ1) is 15.5. The second-order valence-electron chi connectivity index (χ2n) is 8.73. The molecule has 32 heavy (non-hydrogen) atoms. The molecule has 0 saturated heterocycles. The first-order valence-corrected chi connectivity index (χ1v) is 11.8. The van der Waals surface area contributed by atoms with E-state index >= 15 is 0 Å². The van der Waals surface area contributed by atoms with Gasteiger partial charge in [-0.3, -0.25) is 19.3 Å². The number of amides is 3. The summed E-state index contributed by atoms with van der Waals surface area (Å²) in [4.78, 5) is 38.1. The molecule has 1 N–H and O–H groups in total. The van der Waals surface area contributed by atoms with Crippen molar-refractivity contribution in [3.63, 3.8) is 0 Å². The molecule has 5 nitrogen and oxygen atoms in total. The van der Waals surface area contributed by atoms with E-state index in [0.717, 1.165) is 57.1 Å². The minimum absolute atomic E-state index is 0.0846. The fourth-order valence-corrected chi connectivity index (χ4v) is 4.10. The number of aryl methyl sites for hydroxylation is 2. The molecule has 1 heterocycles. The number of benzene rings is 2. The molecule has 5 heteroatoms. The molecule has 1 aliphatic heterocycles. The molecule has 0 aromatic heterocycles. The van der Waals surface area contributed by atoms with Crippen LogP contribution in [0.2, 0.25) is 0 Å². The number of imide groups is 1. The van der Waals surface area contributed by atoms with Crippen molar-refractivity contribution in [2.24, 2.45) is 0 Å². The van der Waals surface area contributed by atoms with E-state index in [0.29, 0.717) is 24.1 Å². The summed E-state index contributed by atoms with van der Waals surface area (Å²) < 4.78 is 0. The Morgan fingerprint density at radius 2 is 1.31 bits per heavy atom. The predicted octanol–water partition coefficient (Wildman–Crippen LogP) is 6.05. The van der Waals surface area contributed by atoms with Gasteiger partial charge in [0.2, 0.25) is 5.91 Å². The summed E-state index contributed by atoms with van der Waals surface area (Å²) in [5.41, 5.74) is 4.35. The van der Waals surface area contributed by atoms with Gasteiger partial charge < -0.3 is 5.32 Å². The first kappa shape index (κ1) is 23.7. The molecule has 0 saturated carbocycles. The number of carbonyl (C=O) groups excluding carboxylic acids is 3. The lowest BCUT2D eigenvalue weighted by molar-refractivity contribution is -0.116. The Kier molecular flexibility index (Phi) is 8.60. The summed E-state index contributed by atoms with van der Waals surface area (Å²) in [7, 11) is 0. The lowest BCUT2D eigenvalue weighted by Crippen LogP contribution is -2.30. The van der Waals surface area contributed by atoms with Crippen molar-refractivity contribution in [1.82, 2.24) is 4.90 Å². The van der Waals surface area contributed by atoms with Crippen LogP contribution in [0.4, 0.5) is 5.69 Å². The van der Waals surface area contributed by atoms with Gasteiger partial charge in [-0.25, -0.2) is 0 Å². The maximum atomic E-state index is 12.3. The molecule has 3 amide bonds. The summed E-state index contributed by atoms with van der Waals surface area (Å²) >= 11 is 0. The molecule has 1 aliphatic rings. The summed E-state index contributed by atoms with van der Waals surface area (Å²) in [6.07, 6.45) is 8.96. The Morgan fingerprint density at radius 3 is 1.91 bits per heavy atom. The number of rotatable bonds is 12. The minimum Gasteiger partial charge on any atom is -0.326 e. The first-order valence-electron chi connectivity index (χ1n) is 11.8. The van der Waals surface area contributed by atoms with Crippen LogP contribution >= 0.6 is 0 Å². The van der Waals surface area contributed by atoms with Gasteiger partial charge in [-0.05, 0) is 62.1 Å². The van der Waals surface area contributed by atoms with Crippen LogP contribution in [0.3, 0.4) is 0 Å². The van der Waals surface area contributed by atoms with Crippen LogP contribution in [0.25, 0.3) is 0 Å². The number of hydrogen-bond acceptors (Lipinski definition) is 3. The van der Waals surface area contributed by atoms with Crippen LogP contribution in [0.1, 0.15) is 89.6 Å². The maximum absolute atomic E-state index is 12.3. The van der Waals surface area contributed by atoms with Crippen molar-refractivity contribution in [3.05, 3.63) is 64.7 Å². The fraction of sp³-hybridized carbons (Fsp3) is 0.444. The third-order valence-electron chi connectivity index (χ3n) is 6.20. The van der Waals surface area contributed by atoms with Gasteiger partial charge in [0.15, 0.2) is 0 Å². The lowest BCUT2D eigenvalue weighted by Gasteiger charge is -2.13. The number of hydrogen-bond donors (Lipinski definition) is 1. The van der Waals surface area contributed by atoms with Gasteiger partial charge >= 0.3 is 0 Å². The zero-order chi connectivity index (χ0) is 22.9. The average molecular weight is 435 g/mol. The predicted molar refractivity (Wildman–Crippen MR) is 128 cm³/mol. The van der Waals surface area contributed by atoms with Gasteiger partial charge in [-0.15, -0.1) is 0 Å². The molecule has 0 atom stereocenters. The van der Waals surface area contributed by atoms with Gasteiger partial charge in [-0.2, -0.15) is 0 Å². The molecular weight excluding hydrogens is 400 g/mol. The summed E-state index contributed by atoms with van der Waals surface area (Å²) in [6, 6.07) is 13.0. The van der Waals surface area contributed by atoms with Crippen LogP contribution in [0, 0.1) is 13.8 Å². The Balaban J connectivity index is 1.19. The second kappa shape index (κ2) is 11.6. The molecule has 2 aromatic carbocycles. The molecular formula is C27H34N2O3. The highest BCUT2D eigenvalue weighted by atomic mass is 16.2. The summed E-state index contributed by atoms with van der Waals surface area (Å²) in [5, 5.41) is 2.98. The van der Waals surface area contributed by atoms with E-state index in [2.05, 4.69) is 19.2 Å². The third-order valence-corrected chi connectivity index (χ3v) is 6.20. The summed E-state index contributed by atoms with van der Waals surface area (Å²) in [6.45, 7) is 4.62. The molecule has 0 unspecified atom stereocenters. The number of nitrogens with zero attached hydrogens (tertiary/aromatic N) is 1. The smallest absolute Gasteiger partial charge is 0.261 e. The van der Waals surface area contributed by atoms with Gasteiger partial charge in [0, 0.05) is 18.7 Å². The number of anilines is 1. The van der Waals surface area contributed by atoms with E-state index in [1.807, 2.05) is 18.2 Å². The molecule has 0 aliphatic carbocycles. The highest BCUT2D eigenvalue weighted by Crippen LogP contribution is 2.23. The molecule has 0 fully saturated rings. The quantitative estimate of drug-likeness (QED) is 0.327. The third kappa shape index (κ3) is 6.28. The zero-order valence-corrected chi connectivity index (χ0v) is 19.3. The van der Waals surface area contributed by atoms with E-state index in [1.165, 1.54) is 16.0 Å². The van der Waals surface area contributed by atoms with Crippen molar-refractivity contribution in [2.75, 3.05) is 11.9 Å². The van der Waals surface area contributed by atoms with Crippen LogP contribution < -0.4 is 5.32 Å². The van der Waals surface area contributed by atoms with Crippen molar-refractivity contribution in [1.29, 1.82) is 0 Å². The van der Waals surface area contributed by atoms with Crippen molar-refractivity contribution in [2.45, 2.75) is 71.6 Å². The highest BCUT2D eigenvalue weighted by molar-refractivity contribution is 6.21. The van der Waals surface area contributed by atoms with Crippen LogP contribution in [0.5, 0.6) is 0 Å². The fourth-order valence-electron chi connectivity index (χ4n) is 4.10. The lowest BCUT2D eigenvalue weighted by atomic mass is 10.1. The maximum Gasteiger partial charge on any atom is 0.261 e. The Bertz CT molecular complexity index is 932. The molecule has 0 radical (unpaired) electrons. The van der Waals surface area contributed by atoms with Crippen LogP contribution in [-0.2, 0) is 4.79 Å². The Labute approximate surface area is 191 Å². The van der Waals surface area contributed by atoms with Crippen molar-refractivity contribution < 1.29 is 14.4 Å². The molecule has 3 rings (SSSR count). The van der Waals surface area contributed by atoms with E-state index in [-0.39, 0.29) is 17.7 Å². The number of unbranched alkanes of at least 4 members (excludes halogenated alkanes) is 7. The molecule has 2 aromatic rings. The Hall–Kier alpha value is -2.95. The highest BCUT2D eigenvalue weighted by Gasteiger charge is 2.34. The van der Waals surface area contributed by atoms with Gasteiger partial charge in [0.05, 0.1) is 11.1 Å². The van der Waals surface area contributed by atoms with Gasteiger partial charge in [0.25, 0.3) is 11.8 Å². The van der Waals surface area contributed by atoms with Crippen molar-refractivity contribution >= 4 is 23.4 Å². The average Bonchev–Trinajstić information content (AvgIpc) is 3.02. The molecule has 170 valence electrons. The summed E-state index contributed by atoms with van der Waals surface area (Å²) in [5.74, 6) is -0.235. The minimum atomic E-state index is -0.160. The number of carbonyl (C=O) groups is 3. The Morgan fingerprint density at radius 1 is 0.750 bits per heavy atom. The monoisotopic (exact) mass is 434 g/mol. The normalized spacial score (nSPS) is 12.9. The van der Waals surface area contributed by atoms with Crippen LogP contribution in [0.15, 0.2) is 42.5 Å². The SMILES string of the molecule is Cc1ccc(NC(=O)CCCCCCCCCCN2C(=O)c3ccccc3C2=O)cc1C. The van der Waals surface area contributed by atoms with E-state index in [9.17, 15) is 14.4 Å². The van der Waals surface area contributed by atoms with Crippen LogP contribution in [-0.4, -0.2) is 29.2 Å². The topological polar surface area (TPSA) is 66.5 Å². The van der Waals surface area contributed by atoms with Gasteiger partial charge in [0.1, 0.15) is 0 Å². The number of fused-ring (bicyclic) bond motifs is 1.